The Morgan fingerprint density at radius 1 is 1.50 bits per heavy atom. The topological polar surface area (TPSA) is 40.2 Å². The van der Waals surface area contributed by atoms with E-state index in [2.05, 4.69) is 0 Å². The molecule has 0 unspecified atom stereocenters. The molecule has 1 radical (unpaired) electrons. The Hall–Kier alpha value is -0.730. The van der Waals surface area contributed by atoms with Crippen LogP contribution in [0.4, 0.5) is 4.79 Å². The van der Waals surface area contributed by atoms with Crippen LogP contribution >= 0.6 is 0 Å². The summed E-state index contributed by atoms with van der Waals surface area (Å²) in [6.07, 6.45) is -0.233. The average Bonchev–Trinajstić information content (AvgIpc) is 1.81. The molecule has 0 aliphatic carbocycles. The second kappa shape index (κ2) is 4.14. The van der Waals surface area contributed by atoms with Crippen LogP contribution in [0.1, 0.15) is 27.2 Å². The molecule has 0 rings (SSSR count). The molecule has 3 heteroatoms. The van der Waals surface area contributed by atoms with Gasteiger partial charge in [-0.15, -0.1) is 0 Å². The van der Waals surface area contributed by atoms with Gasteiger partial charge in [0.25, 0.3) is 0 Å². The molecule has 0 spiro atoms. The van der Waals surface area contributed by atoms with Gasteiger partial charge in [0.15, 0.2) is 0 Å². The Morgan fingerprint density at radius 2 is 2.00 bits per heavy atom. The molecule has 0 aromatic rings. The number of hydrogen-bond acceptors (Lipinski definition) is 1. The lowest BCUT2D eigenvalue weighted by Gasteiger charge is -2.20. The smallest absolute Gasteiger partial charge is 0.303 e. The molecule has 0 aliphatic rings. The van der Waals surface area contributed by atoms with Crippen LogP contribution in [-0.4, -0.2) is 23.6 Å². The highest BCUT2D eigenvalue weighted by molar-refractivity contribution is 5.64. The summed E-state index contributed by atoms with van der Waals surface area (Å²) >= 11 is 0. The molecule has 0 aromatic carbocycles. The van der Waals surface area contributed by atoms with Crippen LogP contribution in [0.5, 0.6) is 0 Å². The minimum absolute atomic E-state index is 0.0324. The van der Waals surface area contributed by atoms with Gasteiger partial charge in [0.05, 0.1) is 0 Å². The molecular formula is C7H14NO2. The Labute approximate surface area is 61.6 Å². The van der Waals surface area contributed by atoms with Gasteiger partial charge in [0.1, 0.15) is 0 Å². The maximum Gasteiger partial charge on any atom is 0.453 e. The summed E-state index contributed by atoms with van der Waals surface area (Å²) in [5.74, 6) is 0. The Morgan fingerprint density at radius 3 is 2.10 bits per heavy atom. The maximum atomic E-state index is 10.3. The van der Waals surface area contributed by atoms with Gasteiger partial charge in [-0.3, -0.25) is 0 Å². The molecule has 0 aromatic heterocycles. The lowest BCUT2D eigenvalue weighted by atomic mass is 10.3. The standard InChI is InChI=1S/C7H14NO2/c1-4-5-8(6(2)3)7(9)10/h6H,4-5H2,1-3H3. The Bertz CT molecular complexity index is 112. The molecule has 0 fully saturated rings. The fraction of sp³-hybridized carbons (Fsp3) is 0.857. The van der Waals surface area contributed by atoms with Crippen molar-refractivity contribution in [1.29, 1.82) is 0 Å². The minimum atomic E-state index is -1.07. The van der Waals surface area contributed by atoms with Crippen LogP contribution in [0.25, 0.3) is 0 Å². The van der Waals surface area contributed by atoms with E-state index in [0.717, 1.165) is 6.42 Å². The van der Waals surface area contributed by atoms with Gasteiger partial charge in [-0.1, -0.05) is 6.92 Å². The molecule has 0 heterocycles. The van der Waals surface area contributed by atoms with Gasteiger partial charge in [-0.25, -0.2) is 9.90 Å². The van der Waals surface area contributed by atoms with Crippen molar-refractivity contribution in [3.8, 4) is 0 Å². The van der Waals surface area contributed by atoms with Crippen molar-refractivity contribution < 1.29 is 9.90 Å². The molecule has 0 atom stereocenters. The fourth-order valence-electron chi connectivity index (χ4n) is 0.801. The molecule has 0 saturated carbocycles. The molecule has 1 amide bonds. The van der Waals surface area contributed by atoms with E-state index in [1.807, 2.05) is 20.8 Å². The van der Waals surface area contributed by atoms with Crippen LogP contribution in [0.2, 0.25) is 0 Å². The van der Waals surface area contributed by atoms with Crippen molar-refractivity contribution in [3.63, 3.8) is 0 Å². The second-order valence-electron chi connectivity index (χ2n) is 2.55. The first kappa shape index (κ1) is 9.27. The zero-order valence-electron chi connectivity index (χ0n) is 6.76. The summed E-state index contributed by atoms with van der Waals surface area (Å²) in [6.45, 7) is 6.19. The molecule has 59 valence electrons. The first-order valence-electron chi connectivity index (χ1n) is 3.57. The number of carbonyl (C=O) groups is 1. The summed E-state index contributed by atoms with van der Waals surface area (Å²) in [6, 6.07) is 0.0324. The third-order valence-electron chi connectivity index (χ3n) is 1.32. The van der Waals surface area contributed by atoms with E-state index >= 15 is 0 Å². The van der Waals surface area contributed by atoms with Gasteiger partial charge < -0.3 is 4.90 Å². The Balaban J connectivity index is 3.85. The van der Waals surface area contributed by atoms with Crippen LogP contribution in [0, 0.1) is 0 Å². The number of hydrogen-bond donors (Lipinski definition) is 0. The second-order valence-corrected chi connectivity index (χ2v) is 2.55. The van der Waals surface area contributed by atoms with E-state index in [1.165, 1.54) is 4.90 Å². The Kier molecular flexibility index (Phi) is 3.84. The van der Waals surface area contributed by atoms with Crippen molar-refractivity contribution in [3.05, 3.63) is 0 Å². The SMILES string of the molecule is CCCN(C([O])=O)C(C)C. The van der Waals surface area contributed by atoms with Crippen LogP contribution in [0.3, 0.4) is 0 Å². The first-order valence-corrected chi connectivity index (χ1v) is 3.57. The van der Waals surface area contributed by atoms with Crippen molar-refractivity contribution in [2.75, 3.05) is 6.54 Å². The molecule has 0 aliphatic heterocycles. The minimum Gasteiger partial charge on any atom is -0.303 e. The normalized spacial score (nSPS) is 10.0. The summed E-state index contributed by atoms with van der Waals surface area (Å²) in [4.78, 5) is 11.7. The third kappa shape index (κ3) is 2.71. The van der Waals surface area contributed by atoms with E-state index in [0.29, 0.717) is 6.54 Å². The zero-order valence-corrected chi connectivity index (χ0v) is 6.76. The first-order chi connectivity index (χ1) is 4.59. The molecule has 0 bridgehead atoms. The monoisotopic (exact) mass is 144 g/mol. The van der Waals surface area contributed by atoms with Gasteiger partial charge >= 0.3 is 6.09 Å². The summed E-state index contributed by atoms with van der Waals surface area (Å²) < 4.78 is 0. The van der Waals surface area contributed by atoms with E-state index in [-0.39, 0.29) is 6.04 Å². The van der Waals surface area contributed by atoms with Crippen molar-refractivity contribution in [2.24, 2.45) is 0 Å². The van der Waals surface area contributed by atoms with E-state index < -0.39 is 6.09 Å². The molecule has 10 heavy (non-hydrogen) atoms. The van der Waals surface area contributed by atoms with E-state index in [4.69, 9.17) is 0 Å². The number of amides is 1. The van der Waals surface area contributed by atoms with Crippen LogP contribution in [-0.2, 0) is 5.11 Å². The van der Waals surface area contributed by atoms with Gasteiger partial charge in [-0.2, -0.15) is 0 Å². The highest BCUT2D eigenvalue weighted by Gasteiger charge is 2.14. The van der Waals surface area contributed by atoms with Crippen molar-refractivity contribution in [2.45, 2.75) is 33.2 Å². The van der Waals surface area contributed by atoms with E-state index in [1.54, 1.807) is 0 Å². The quantitative estimate of drug-likeness (QED) is 0.593. The highest BCUT2D eigenvalue weighted by Crippen LogP contribution is 1.99. The molecule has 3 nitrogen and oxygen atoms in total. The number of rotatable bonds is 3. The molecular weight excluding hydrogens is 130 g/mol. The van der Waals surface area contributed by atoms with Gasteiger partial charge in [0.2, 0.25) is 0 Å². The van der Waals surface area contributed by atoms with Gasteiger partial charge in [-0.05, 0) is 20.3 Å². The summed E-state index contributed by atoms with van der Waals surface area (Å²) in [5, 5.41) is 10.3. The average molecular weight is 144 g/mol. The summed E-state index contributed by atoms with van der Waals surface area (Å²) in [7, 11) is 0. The predicted octanol–water partition coefficient (Wildman–Crippen LogP) is 1.66. The van der Waals surface area contributed by atoms with E-state index in [9.17, 15) is 9.90 Å². The lowest BCUT2D eigenvalue weighted by molar-refractivity contribution is 0.107. The molecule has 0 N–H and O–H groups in total. The highest BCUT2D eigenvalue weighted by atomic mass is 16.4. The summed E-state index contributed by atoms with van der Waals surface area (Å²) in [5.41, 5.74) is 0. The molecule has 0 saturated heterocycles. The van der Waals surface area contributed by atoms with Crippen LogP contribution < -0.4 is 0 Å². The van der Waals surface area contributed by atoms with Crippen molar-refractivity contribution in [1.82, 2.24) is 4.90 Å². The number of nitrogens with zero attached hydrogens (tertiary/aromatic N) is 1. The van der Waals surface area contributed by atoms with Crippen LogP contribution in [0.15, 0.2) is 0 Å². The number of carbonyl (C=O) groups excluding carboxylic acids is 1. The maximum absolute atomic E-state index is 10.3. The lowest BCUT2D eigenvalue weighted by Crippen LogP contribution is -2.35. The third-order valence-corrected chi connectivity index (χ3v) is 1.32. The zero-order chi connectivity index (χ0) is 8.15. The predicted molar refractivity (Wildman–Crippen MR) is 38.2 cm³/mol. The van der Waals surface area contributed by atoms with Gasteiger partial charge in [0, 0.05) is 12.6 Å². The van der Waals surface area contributed by atoms with Crippen molar-refractivity contribution >= 4 is 6.09 Å². The fourth-order valence-corrected chi connectivity index (χ4v) is 0.801. The largest absolute Gasteiger partial charge is 0.453 e.